The second-order valence-electron chi connectivity index (χ2n) is 6.71. The van der Waals surface area contributed by atoms with Gasteiger partial charge in [-0.3, -0.25) is 19.6 Å². The van der Waals surface area contributed by atoms with Crippen LogP contribution in [0, 0.1) is 17.0 Å². The van der Waals surface area contributed by atoms with Gasteiger partial charge >= 0.3 is 0 Å². The molecule has 0 bridgehead atoms. The lowest BCUT2D eigenvalue weighted by atomic mass is 10.2. The summed E-state index contributed by atoms with van der Waals surface area (Å²) in [6.07, 6.45) is 0. The van der Waals surface area contributed by atoms with E-state index >= 15 is 0 Å². The van der Waals surface area contributed by atoms with Crippen LogP contribution >= 0.6 is 0 Å². The van der Waals surface area contributed by atoms with E-state index in [2.05, 4.69) is 10.0 Å². The summed E-state index contributed by atoms with van der Waals surface area (Å²) in [5, 5.41) is 24.4. The van der Waals surface area contributed by atoms with Crippen LogP contribution in [0.5, 0.6) is 0 Å². The number of anilines is 2. The fraction of sp³-hybridized carbons (Fsp3) is 0.0476. The van der Waals surface area contributed by atoms with Gasteiger partial charge in [-0.2, -0.15) is 0 Å². The molecule has 0 unspecified atom stereocenters. The molecule has 0 spiro atoms. The number of aromatic carboxylic acids is 1. The molecule has 0 atom stereocenters. The summed E-state index contributed by atoms with van der Waals surface area (Å²) < 4.78 is 27.9. The highest BCUT2D eigenvalue weighted by Crippen LogP contribution is 2.25. The highest BCUT2D eigenvalue weighted by Gasteiger charge is 2.19. The van der Waals surface area contributed by atoms with Gasteiger partial charge in [-0.15, -0.1) is 0 Å². The number of nitro groups is 1. The van der Waals surface area contributed by atoms with Crippen LogP contribution in [-0.4, -0.2) is 25.2 Å². The van der Waals surface area contributed by atoms with Crippen molar-refractivity contribution in [3.63, 3.8) is 0 Å². The third-order valence-electron chi connectivity index (χ3n) is 4.44. The van der Waals surface area contributed by atoms with E-state index in [4.69, 9.17) is 0 Å². The molecule has 0 aliphatic heterocycles. The van der Waals surface area contributed by atoms with E-state index in [0.717, 1.165) is 12.1 Å². The minimum absolute atomic E-state index is 0.00231. The molecule has 164 valence electrons. The number of nitro benzene ring substituents is 1. The molecule has 3 aromatic rings. The average molecular weight is 454 g/mol. The molecule has 0 aliphatic carbocycles. The Morgan fingerprint density at radius 1 is 0.938 bits per heavy atom. The number of carbonyl (C=O) groups excluding carboxylic acids is 2. The van der Waals surface area contributed by atoms with E-state index in [1.165, 1.54) is 54.6 Å². The van der Waals surface area contributed by atoms with Crippen LogP contribution in [0.4, 0.5) is 17.1 Å². The van der Waals surface area contributed by atoms with Crippen molar-refractivity contribution in [3.05, 3.63) is 93.5 Å². The molecule has 32 heavy (non-hydrogen) atoms. The van der Waals surface area contributed by atoms with Crippen molar-refractivity contribution < 1.29 is 28.0 Å². The number of nitrogens with one attached hydrogen (secondary N) is 2. The third-order valence-corrected chi connectivity index (χ3v) is 5.80. The Hall–Kier alpha value is -4.25. The molecule has 0 aliphatic rings. The van der Waals surface area contributed by atoms with Gasteiger partial charge in [0.15, 0.2) is 0 Å². The lowest BCUT2D eigenvalue weighted by Gasteiger charge is -2.12. The predicted octanol–water partition coefficient (Wildman–Crippen LogP) is 2.32. The topological polar surface area (TPSA) is 159 Å². The first-order valence-corrected chi connectivity index (χ1v) is 10.6. The molecule has 0 saturated carbocycles. The zero-order chi connectivity index (χ0) is 23.5. The second kappa shape index (κ2) is 8.86. The number of nitrogens with zero attached hydrogens (tertiary/aromatic N) is 1. The van der Waals surface area contributed by atoms with E-state index < -0.39 is 26.8 Å². The van der Waals surface area contributed by atoms with E-state index in [-0.39, 0.29) is 33.1 Å². The number of non-ortho nitro benzene ring substituents is 1. The number of carboxylic acids is 1. The summed E-state index contributed by atoms with van der Waals surface area (Å²) in [6, 6.07) is 14.3. The number of rotatable bonds is 7. The van der Waals surface area contributed by atoms with E-state index in [1.807, 2.05) is 0 Å². The molecule has 2 N–H and O–H groups in total. The summed E-state index contributed by atoms with van der Waals surface area (Å²) in [5.41, 5.74) is 0.294. The number of amides is 1. The SMILES string of the molecule is Cc1ccc([N+](=O)[O-])cc1NS(=O)(=O)c1cccc(C(=O)Nc2cccc(C(=O)[O-])c2)c1. The van der Waals surface area contributed by atoms with Gasteiger partial charge in [0.25, 0.3) is 21.6 Å². The number of hydrogen-bond acceptors (Lipinski definition) is 7. The van der Waals surface area contributed by atoms with Crippen molar-refractivity contribution in [2.45, 2.75) is 11.8 Å². The average Bonchev–Trinajstić information content (AvgIpc) is 2.75. The highest BCUT2D eigenvalue weighted by molar-refractivity contribution is 7.92. The standard InChI is InChI=1S/C21H17N3O7S/c1-13-8-9-17(24(28)29)12-19(13)23-32(30,31)18-7-3-4-14(11-18)20(25)22-16-6-2-5-15(10-16)21(26)27/h2-12,23H,1H3,(H,22,25)(H,26,27)/p-1. The van der Waals surface area contributed by atoms with E-state index in [0.29, 0.717) is 5.56 Å². The quantitative estimate of drug-likeness (QED) is 0.409. The number of benzene rings is 3. The third kappa shape index (κ3) is 5.08. The Morgan fingerprint density at radius 3 is 2.31 bits per heavy atom. The lowest BCUT2D eigenvalue weighted by molar-refractivity contribution is -0.384. The van der Waals surface area contributed by atoms with Crippen LogP contribution in [0.15, 0.2) is 71.6 Å². The number of hydrogen-bond donors (Lipinski definition) is 2. The molecule has 1 amide bonds. The summed E-state index contributed by atoms with van der Waals surface area (Å²) in [4.78, 5) is 33.6. The smallest absolute Gasteiger partial charge is 0.271 e. The Labute approximate surface area is 182 Å². The van der Waals surface area contributed by atoms with Gasteiger partial charge in [-0.05, 0) is 48.4 Å². The van der Waals surface area contributed by atoms with Crippen molar-refractivity contribution in [2.75, 3.05) is 10.0 Å². The molecule has 0 fully saturated rings. The number of aryl methyl sites for hydroxylation is 1. The highest BCUT2D eigenvalue weighted by atomic mass is 32.2. The molecule has 10 nitrogen and oxygen atoms in total. The van der Waals surface area contributed by atoms with Crippen LogP contribution in [0.3, 0.4) is 0 Å². The number of carboxylic acid groups (broad SMARTS) is 1. The van der Waals surface area contributed by atoms with Gasteiger partial charge < -0.3 is 15.2 Å². The monoisotopic (exact) mass is 454 g/mol. The fourth-order valence-electron chi connectivity index (χ4n) is 2.77. The van der Waals surface area contributed by atoms with Crippen molar-refractivity contribution in [2.24, 2.45) is 0 Å². The van der Waals surface area contributed by atoms with Gasteiger partial charge in [-0.25, -0.2) is 8.42 Å². The van der Waals surface area contributed by atoms with Crippen LogP contribution in [0.1, 0.15) is 26.3 Å². The summed E-state index contributed by atoms with van der Waals surface area (Å²) in [6.45, 7) is 1.59. The first-order chi connectivity index (χ1) is 15.1. The van der Waals surface area contributed by atoms with Crippen LogP contribution in [0.2, 0.25) is 0 Å². The van der Waals surface area contributed by atoms with Crippen molar-refractivity contribution in [1.29, 1.82) is 0 Å². The van der Waals surface area contributed by atoms with E-state index in [9.17, 15) is 33.2 Å². The zero-order valence-corrected chi connectivity index (χ0v) is 17.4. The Morgan fingerprint density at radius 2 is 1.62 bits per heavy atom. The molecule has 0 heterocycles. The summed E-state index contributed by atoms with van der Waals surface area (Å²) in [7, 11) is -4.16. The fourth-order valence-corrected chi connectivity index (χ4v) is 3.94. The van der Waals surface area contributed by atoms with Gasteiger partial charge in [0.05, 0.1) is 21.5 Å². The van der Waals surface area contributed by atoms with Gasteiger partial charge in [0.2, 0.25) is 0 Å². The van der Waals surface area contributed by atoms with Crippen molar-refractivity contribution >= 4 is 39.0 Å². The first kappa shape index (κ1) is 22.4. The summed E-state index contributed by atoms with van der Waals surface area (Å²) in [5.74, 6) is -2.07. The van der Waals surface area contributed by atoms with Gasteiger partial charge in [0.1, 0.15) is 0 Å². The second-order valence-corrected chi connectivity index (χ2v) is 8.39. The molecular weight excluding hydrogens is 438 g/mol. The largest absolute Gasteiger partial charge is 0.545 e. The first-order valence-electron chi connectivity index (χ1n) is 9.07. The molecule has 0 saturated heterocycles. The van der Waals surface area contributed by atoms with Crippen LogP contribution < -0.4 is 15.1 Å². The van der Waals surface area contributed by atoms with Crippen molar-refractivity contribution in [3.8, 4) is 0 Å². The van der Waals surface area contributed by atoms with Gasteiger partial charge in [-0.1, -0.05) is 24.3 Å². The normalized spacial score (nSPS) is 10.9. The maximum Gasteiger partial charge on any atom is 0.271 e. The lowest BCUT2D eigenvalue weighted by Crippen LogP contribution is -2.22. The predicted molar refractivity (Wildman–Crippen MR) is 114 cm³/mol. The molecule has 3 aromatic carbocycles. The minimum atomic E-state index is -4.16. The Kier molecular flexibility index (Phi) is 6.21. The van der Waals surface area contributed by atoms with Crippen molar-refractivity contribution in [1.82, 2.24) is 0 Å². The maximum absolute atomic E-state index is 12.8. The van der Waals surface area contributed by atoms with E-state index in [1.54, 1.807) is 6.92 Å². The Bertz CT molecular complexity index is 1340. The van der Waals surface area contributed by atoms with Crippen LogP contribution in [-0.2, 0) is 10.0 Å². The van der Waals surface area contributed by atoms with Crippen LogP contribution in [0.25, 0.3) is 0 Å². The molecule has 0 aromatic heterocycles. The molecule has 11 heteroatoms. The van der Waals surface area contributed by atoms with Gasteiger partial charge in [0, 0.05) is 23.4 Å². The molecular formula is C21H16N3O7S-. The summed E-state index contributed by atoms with van der Waals surface area (Å²) >= 11 is 0. The maximum atomic E-state index is 12.8. The molecule has 3 rings (SSSR count). The number of carbonyl (C=O) groups is 2. The minimum Gasteiger partial charge on any atom is -0.545 e. The Balaban J connectivity index is 1.85. The number of sulfonamides is 1. The zero-order valence-electron chi connectivity index (χ0n) is 16.6. The molecule has 0 radical (unpaired) electrons.